The van der Waals surface area contributed by atoms with Crippen LogP contribution in [0.3, 0.4) is 0 Å². The van der Waals surface area contributed by atoms with E-state index in [1.807, 2.05) is 0 Å². The lowest BCUT2D eigenvalue weighted by Crippen LogP contribution is -2.32. The fourth-order valence-electron chi connectivity index (χ4n) is 2.18. The molecule has 0 radical (unpaired) electrons. The first-order chi connectivity index (χ1) is 8.47. The quantitative estimate of drug-likeness (QED) is 0.657. The van der Waals surface area contributed by atoms with Crippen LogP contribution in [0.1, 0.15) is 18.4 Å². The molecule has 1 saturated heterocycles. The van der Waals surface area contributed by atoms with Gasteiger partial charge in [-0.3, -0.25) is 4.79 Å². The van der Waals surface area contributed by atoms with E-state index in [1.165, 1.54) is 22.9 Å². The maximum Gasteiger partial charge on any atom is 0.323 e. The van der Waals surface area contributed by atoms with E-state index in [1.54, 1.807) is 0 Å². The minimum atomic E-state index is -2.93. The van der Waals surface area contributed by atoms with Gasteiger partial charge in [-0.15, -0.1) is 0 Å². The maximum atomic E-state index is 13.2. The Balaban J connectivity index is 2.18. The minimum absolute atomic E-state index is 0.114. The highest BCUT2D eigenvalue weighted by molar-refractivity contribution is 14.1. The fourth-order valence-corrected chi connectivity index (χ4v) is 2.50. The van der Waals surface area contributed by atoms with Crippen molar-refractivity contribution in [3.8, 4) is 0 Å². The number of hydrogen-bond acceptors (Lipinski definition) is 2. The first-order valence-corrected chi connectivity index (χ1v) is 7.03. The highest BCUT2D eigenvalue weighted by atomic mass is 127. The molecule has 3 nitrogen and oxygen atoms in total. The van der Waals surface area contributed by atoms with E-state index in [-0.39, 0.29) is 11.1 Å². The van der Waals surface area contributed by atoms with Crippen LogP contribution in [0.15, 0.2) is 23.1 Å². The van der Waals surface area contributed by atoms with Crippen LogP contribution >= 0.6 is 22.6 Å². The number of piperidine rings is 1. The van der Waals surface area contributed by atoms with Crippen molar-refractivity contribution in [3.63, 3.8) is 0 Å². The third-order valence-corrected chi connectivity index (χ3v) is 3.85. The molecule has 1 fully saturated rings. The number of alkyl halides is 3. The molecule has 1 aliphatic rings. The second-order valence-corrected chi connectivity index (χ2v) is 5.95. The Hall–Kier alpha value is -0.500. The number of aromatic nitrogens is 1. The van der Waals surface area contributed by atoms with Crippen molar-refractivity contribution in [2.24, 2.45) is 5.92 Å². The molecule has 1 N–H and O–H groups in total. The van der Waals surface area contributed by atoms with E-state index in [0.717, 1.165) is 48.5 Å². The minimum Gasteiger partial charge on any atom is -0.317 e. The summed E-state index contributed by atoms with van der Waals surface area (Å²) < 4.78 is 24.9. The molecule has 2 heterocycles. The van der Waals surface area contributed by atoms with Gasteiger partial charge in [0.15, 0.2) is 0 Å². The summed E-state index contributed by atoms with van der Waals surface area (Å²) >= 11 is 1.08. The van der Waals surface area contributed by atoms with E-state index in [4.69, 9.17) is 0 Å². The zero-order valence-electron chi connectivity index (χ0n) is 9.83. The molecule has 0 aromatic carbocycles. The fraction of sp³-hybridized carbons (Fsp3) is 0.583. The normalized spacial score (nSPS) is 17.9. The standard InChI is InChI=1S/C12H15F2IN2O/c13-12(14,15)10-1-2-11(18)17(8-10)7-9-3-5-16-6-4-9/h1-2,8-9,16H,3-7H2. The molecule has 0 unspecified atom stereocenters. The van der Waals surface area contributed by atoms with Crippen molar-refractivity contribution in [2.75, 3.05) is 13.1 Å². The van der Waals surface area contributed by atoms with Crippen LogP contribution in [-0.2, 0) is 10.5 Å². The molecule has 100 valence electrons. The summed E-state index contributed by atoms with van der Waals surface area (Å²) in [6, 6.07) is 2.43. The maximum absolute atomic E-state index is 13.2. The molecule has 18 heavy (non-hydrogen) atoms. The molecule has 1 aromatic heterocycles. The van der Waals surface area contributed by atoms with Crippen LogP contribution in [0.25, 0.3) is 0 Å². The Morgan fingerprint density at radius 1 is 1.39 bits per heavy atom. The van der Waals surface area contributed by atoms with Gasteiger partial charge in [0.2, 0.25) is 0 Å². The molecule has 1 aromatic rings. The van der Waals surface area contributed by atoms with Crippen LogP contribution in [-0.4, -0.2) is 17.7 Å². The Morgan fingerprint density at radius 2 is 2.06 bits per heavy atom. The number of rotatable bonds is 3. The van der Waals surface area contributed by atoms with Crippen LogP contribution < -0.4 is 10.9 Å². The van der Waals surface area contributed by atoms with E-state index < -0.39 is 3.93 Å². The third-order valence-electron chi connectivity index (χ3n) is 3.22. The molecule has 2 rings (SSSR count). The molecular formula is C12H15F2IN2O. The van der Waals surface area contributed by atoms with Crippen molar-refractivity contribution in [2.45, 2.75) is 23.3 Å². The highest BCUT2D eigenvalue weighted by Gasteiger charge is 2.27. The number of nitrogens with zero attached hydrogens (tertiary/aromatic N) is 1. The molecule has 6 heteroatoms. The van der Waals surface area contributed by atoms with E-state index in [9.17, 15) is 13.6 Å². The predicted octanol–water partition coefficient (Wildman–Crippen LogP) is 2.33. The summed E-state index contributed by atoms with van der Waals surface area (Å²) in [6.07, 6.45) is 3.26. The van der Waals surface area contributed by atoms with Crippen LogP contribution in [0.5, 0.6) is 0 Å². The molecule has 0 saturated carbocycles. The lowest BCUT2D eigenvalue weighted by molar-refractivity contribution is 0.126. The van der Waals surface area contributed by atoms with Gasteiger partial charge >= 0.3 is 3.93 Å². The first kappa shape index (κ1) is 13.9. The van der Waals surface area contributed by atoms with Gasteiger partial charge in [-0.25, -0.2) is 0 Å². The molecule has 0 atom stereocenters. The van der Waals surface area contributed by atoms with Gasteiger partial charge in [0.1, 0.15) is 0 Å². The number of pyridine rings is 1. The van der Waals surface area contributed by atoms with Gasteiger partial charge in [0.25, 0.3) is 5.56 Å². The Bertz CT molecular complexity index is 464. The summed E-state index contributed by atoms with van der Waals surface area (Å²) in [5, 5.41) is 3.24. The van der Waals surface area contributed by atoms with Crippen LogP contribution in [0.4, 0.5) is 8.78 Å². The van der Waals surface area contributed by atoms with Crippen molar-refractivity contribution < 1.29 is 8.78 Å². The predicted molar refractivity (Wildman–Crippen MR) is 74.2 cm³/mol. The second-order valence-electron chi connectivity index (χ2n) is 4.60. The van der Waals surface area contributed by atoms with Gasteiger partial charge in [0.05, 0.1) is 0 Å². The average Bonchev–Trinajstić information content (AvgIpc) is 2.32. The summed E-state index contributed by atoms with van der Waals surface area (Å²) in [5.74, 6) is 0.391. The smallest absolute Gasteiger partial charge is 0.317 e. The third kappa shape index (κ3) is 3.50. The SMILES string of the molecule is O=c1ccc(C(F)(F)I)cn1CC1CCNCC1. The highest BCUT2D eigenvalue weighted by Crippen LogP contribution is 2.34. The summed E-state index contributed by atoms with van der Waals surface area (Å²) in [4.78, 5) is 11.7. The van der Waals surface area contributed by atoms with E-state index in [0.29, 0.717) is 12.5 Å². The number of halogens is 3. The Kier molecular flexibility index (Phi) is 4.37. The average molecular weight is 368 g/mol. The molecule has 1 aliphatic heterocycles. The van der Waals surface area contributed by atoms with Crippen molar-refractivity contribution >= 4 is 22.6 Å². The monoisotopic (exact) mass is 368 g/mol. The van der Waals surface area contributed by atoms with Crippen molar-refractivity contribution in [3.05, 3.63) is 34.2 Å². The molecule has 0 amide bonds. The van der Waals surface area contributed by atoms with Gasteiger partial charge < -0.3 is 9.88 Å². The lowest BCUT2D eigenvalue weighted by Gasteiger charge is -2.23. The van der Waals surface area contributed by atoms with Crippen molar-refractivity contribution in [1.29, 1.82) is 0 Å². The first-order valence-electron chi connectivity index (χ1n) is 5.95. The van der Waals surface area contributed by atoms with E-state index in [2.05, 4.69) is 5.32 Å². The summed E-state index contributed by atoms with van der Waals surface area (Å²) in [5.41, 5.74) is -0.324. The molecule has 0 spiro atoms. The number of hydrogen-bond donors (Lipinski definition) is 1. The van der Waals surface area contributed by atoms with Gasteiger partial charge in [-0.2, -0.15) is 8.78 Å². The van der Waals surface area contributed by atoms with Gasteiger partial charge in [0, 0.05) is 47.0 Å². The van der Waals surface area contributed by atoms with Crippen molar-refractivity contribution in [1.82, 2.24) is 9.88 Å². The summed E-state index contributed by atoms with van der Waals surface area (Å²) in [7, 11) is 0. The second kappa shape index (κ2) is 5.64. The zero-order chi connectivity index (χ0) is 13.2. The topological polar surface area (TPSA) is 34.0 Å². The van der Waals surface area contributed by atoms with Gasteiger partial charge in [-0.1, -0.05) is 0 Å². The largest absolute Gasteiger partial charge is 0.323 e. The zero-order valence-corrected chi connectivity index (χ0v) is 12.0. The summed E-state index contributed by atoms with van der Waals surface area (Å²) in [6.45, 7) is 2.39. The van der Waals surface area contributed by atoms with Crippen LogP contribution in [0, 0.1) is 5.92 Å². The van der Waals surface area contributed by atoms with Gasteiger partial charge in [-0.05, 0) is 37.9 Å². The molecule has 0 bridgehead atoms. The van der Waals surface area contributed by atoms with E-state index >= 15 is 0 Å². The molecule has 0 aliphatic carbocycles. The Labute approximate surface area is 118 Å². The molecular weight excluding hydrogens is 353 g/mol. The van der Waals surface area contributed by atoms with Crippen LogP contribution in [0.2, 0.25) is 0 Å². The lowest BCUT2D eigenvalue weighted by atomic mass is 9.98. The Morgan fingerprint density at radius 3 is 2.67 bits per heavy atom. The number of nitrogens with one attached hydrogen (secondary N) is 1.